The van der Waals surface area contributed by atoms with Gasteiger partial charge in [-0.3, -0.25) is 9.59 Å². The molecule has 1 aliphatic rings. The number of fused-ring (bicyclic) bond motifs is 1. The van der Waals surface area contributed by atoms with Gasteiger partial charge >= 0.3 is 0 Å². The van der Waals surface area contributed by atoms with Gasteiger partial charge in [-0.15, -0.1) is 0 Å². The van der Waals surface area contributed by atoms with Gasteiger partial charge in [0.1, 0.15) is 0 Å². The van der Waals surface area contributed by atoms with Crippen LogP contribution in [0.3, 0.4) is 0 Å². The van der Waals surface area contributed by atoms with Crippen LogP contribution in [0.25, 0.3) is 5.52 Å². The van der Waals surface area contributed by atoms with E-state index >= 15 is 0 Å². The minimum atomic E-state index is 0.0227. The number of amides is 2. The van der Waals surface area contributed by atoms with Gasteiger partial charge in [0, 0.05) is 39.3 Å². The van der Waals surface area contributed by atoms with Crippen LogP contribution in [0.4, 0.5) is 0 Å². The lowest BCUT2D eigenvalue weighted by molar-refractivity contribution is -0.130. The molecule has 0 aliphatic carbocycles. The van der Waals surface area contributed by atoms with Crippen molar-refractivity contribution in [3.8, 4) is 0 Å². The predicted molar refractivity (Wildman–Crippen MR) is 87.3 cm³/mol. The highest BCUT2D eigenvalue weighted by molar-refractivity contribution is 6.00. The van der Waals surface area contributed by atoms with Gasteiger partial charge in [0.15, 0.2) is 0 Å². The zero-order chi connectivity index (χ0) is 16.6. The van der Waals surface area contributed by atoms with E-state index in [9.17, 15) is 9.59 Å². The Morgan fingerprint density at radius 2 is 2.00 bits per heavy atom. The molecule has 122 valence electrons. The standard InChI is InChI=1S/C17H22N4O2/c1-12-4-9-21-16(10-12)15(11-18-21)17(23)20-7-5-14(6-8-20)19(3)13(2)22/h4,9-11,14H,5-8H2,1-3H3. The minimum absolute atomic E-state index is 0.0227. The maximum atomic E-state index is 12.8. The Labute approximate surface area is 135 Å². The first-order valence-electron chi connectivity index (χ1n) is 7.94. The summed E-state index contributed by atoms with van der Waals surface area (Å²) < 4.78 is 1.73. The Kier molecular flexibility index (Phi) is 4.07. The van der Waals surface area contributed by atoms with Crippen molar-refractivity contribution < 1.29 is 9.59 Å². The molecule has 6 heteroatoms. The lowest BCUT2D eigenvalue weighted by atomic mass is 10.0. The normalized spacial score (nSPS) is 15.9. The number of pyridine rings is 1. The second-order valence-electron chi connectivity index (χ2n) is 6.25. The van der Waals surface area contributed by atoms with E-state index in [1.165, 1.54) is 0 Å². The number of piperidine rings is 1. The maximum Gasteiger partial charge on any atom is 0.257 e. The highest BCUT2D eigenvalue weighted by Crippen LogP contribution is 2.20. The number of carbonyl (C=O) groups is 2. The van der Waals surface area contributed by atoms with Crippen molar-refractivity contribution in [1.82, 2.24) is 19.4 Å². The van der Waals surface area contributed by atoms with E-state index in [2.05, 4.69) is 5.10 Å². The Morgan fingerprint density at radius 1 is 1.30 bits per heavy atom. The number of hydrogen-bond donors (Lipinski definition) is 0. The molecule has 2 aromatic rings. The van der Waals surface area contributed by atoms with E-state index in [1.807, 2.05) is 37.2 Å². The van der Waals surface area contributed by atoms with Crippen molar-refractivity contribution in [3.63, 3.8) is 0 Å². The number of nitrogens with zero attached hydrogens (tertiary/aromatic N) is 4. The van der Waals surface area contributed by atoms with Gasteiger partial charge in [0.05, 0.1) is 17.3 Å². The molecule has 3 rings (SSSR count). The summed E-state index contributed by atoms with van der Waals surface area (Å²) in [6, 6.07) is 4.18. The molecule has 0 spiro atoms. The summed E-state index contributed by atoms with van der Waals surface area (Å²) in [4.78, 5) is 27.9. The SMILES string of the molecule is CC(=O)N(C)C1CCN(C(=O)c2cnn3ccc(C)cc23)CC1. The second-order valence-corrected chi connectivity index (χ2v) is 6.25. The van der Waals surface area contributed by atoms with E-state index < -0.39 is 0 Å². The maximum absolute atomic E-state index is 12.8. The Balaban J connectivity index is 1.74. The number of aryl methyl sites for hydroxylation is 1. The summed E-state index contributed by atoms with van der Waals surface area (Å²) in [5, 5.41) is 4.26. The minimum Gasteiger partial charge on any atom is -0.343 e. The highest BCUT2D eigenvalue weighted by Gasteiger charge is 2.28. The average molecular weight is 314 g/mol. The van der Waals surface area contributed by atoms with E-state index in [0.717, 1.165) is 23.9 Å². The molecule has 2 aromatic heterocycles. The van der Waals surface area contributed by atoms with Crippen LogP contribution in [-0.4, -0.2) is 57.4 Å². The lowest BCUT2D eigenvalue weighted by Crippen LogP contribution is -2.46. The van der Waals surface area contributed by atoms with Crippen molar-refractivity contribution in [2.75, 3.05) is 20.1 Å². The summed E-state index contributed by atoms with van der Waals surface area (Å²) in [5.41, 5.74) is 2.60. The van der Waals surface area contributed by atoms with Crippen molar-refractivity contribution in [3.05, 3.63) is 35.7 Å². The number of aromatic nitrogens is 2. The Hall–Kier alpha value is -2.37. The summed E-state index contributed by atoms with van der Waals surface area (Å²) in [6.07, 6.45) is 5.15. The fourth-order valence-corrected chi connectivity index (χ4v) is 3.13. The Bertz CT molecular complexity index is 744. The Morgan fingerprint density at radius 3 is 2.65 bits per heavy atom. The predicted octanol–water partition coefficient (Wildman–Crippen LogP) is 1.73. The smallest absolute Gasteiger partial charge is 0.257 e. The fraction of sp³-hybridized carbons (Fsp3) is 0.471. The molecule has 3 heterocycles. The first kappa shape index (κ1) is 15.5. The molecule has 0 radical (unpaired) electrons. The molecule has 0 unspecified atom stereocenters. The van der Waals surface area contributed by atoms with Crippen LogP contribution in [0.1, 0.15) is 35.7 Å². The third-order valence-corrected chi connectivity index (χ3v) is 4.70. The van der Waals surface area contributed by atoms with E-state index in [1.54, 1.807) is 22.5 Å². The van der Waals surface area contributed by atoms with Gasteiger partial charge in [0.25, 0.3) is 5.91 Å². The summed E-state index contributed by atoms with van der Waals surface area (Å²) in [5.74, 6) is 0.0995. The largest absolute Gasteiger partial charge is 0.343 e. The molecule has 23 heavy (non-hydrogen) atoms. The number of hydrogen-bond acceptors (Lipinski definition) is 3. The second kappa shape index (κ2) is 6.02. The molecular weight excluding hydrogens is 292 g/mol. The number of rotatable bonds is 2. The van der Waals surface area contributed by atoms with Crippen LogP contribution < -0.4 is 0 Å². The van der Waals surface area contributed by atoms with E-state index in [0.29, 0.717) is 18.7 Å². The van der Waals surface area contributed by atoms with Gasteiger partial charge in [-0.1, -0.05) is 0 Å². The van der Waals surface area contributed by atoms with Crippen LogP contribution in [0.15, 0.2) is 24.5 Å². The molecule has 0 saturated carbocycles. The quantitative estimate of drug-likeness (QED) is 0.848. The van der Waals surface area contributed by atoms with Crippen molar-refractivity contribution in [2.24, 2.45) is 0 Å². The topological polar surface area (TPSA) is 57.9 Å². The average Bonchev–Trinajstić information content (AvgIpc) is 2.96. The molecular formula is C17H22N4O2. The summed E-state index contributed by atoms with van der Waals surface area (Å²) in [7, 11) is 1.83. The van der Waals surface area contributed by atoms with Gasteiger partial charge in [-0.2, -0.15) is 5.10 Å². The fourth-order valence-electron chi connectivity index (χ4n) is 3.13. The summed E-state index contributed by atoms with van der Waals surface area (Å²) >= 11 is 0. The van der Waals surface area contributed by atoms with Crippen LogP contribution in [0.2, 0.25) is 0 Å². The van der Waals surface area contributed by atoms with Gasteiger partial charge in [-0.05, 0) is 37.5 Å². The first-order chi connectivity index (χ1) is 11.0. The number of carbonyl (C=O) groups excluding carboxylic acids is 2. The van der Waals surface area contributed by atoms with Crippen molar-refractivity contribution in [2.45, 2.75) is 32.7 Å². The zero-order valence-electron chi connectivity index (χ0n) is 13.8. The van der Waals surface area contributed by atoms with Gasteiger partial charge in [-0.25, -0.2) is 4.52 Å². The molecule has 0 aromatic carbocycles. The van der Waals surface area contributed by atoms with Crippen LogP contribution in [0, 0.1) is 6.92 Å². The molecule has 1 saturated heterocycles. The molecule has 1 fully saturated rings. The number of likely N-dealkylation sites (tertiary alicyclic amines) is 1. The molecule has 1 aliphatic heterocycles. The van der Waals surface area contributed by atoms with E-state index in [4.69, 9.17) is 0 Å². The first-order valence-corrected chi connectivity index (χ1v) is 7.94. The summed E-state index contributed by atoms with van der Waals surface area (Å²) in [6.45, 7) is 4.93. The van der Waals surface area contributed by atoms with Crippen LogP contribution >= 0.6 is 0 Å². The zero-order valence-corrected chi connectivity index (χ0v) is 13.8. The highest BCUT2D eigenvalue weighted by atomic mass is 16.2. The molecule has 0 N–H and O–H groups in total. The van der Waals surface area contributed by atoms with Gasteiger partial charge in [0.2, 0.25) is 5.91 Å². The van der Waals surface area contributed by atoms with Crippen LogP contribution in [-0.2, 0) is 4.79 Å². The molecule has 0 atom stereocenters. The third kappa shape index (κ3) is 2.93. The lowest BCUT2D eigenvalue weighted by Gasteiger charge is -2.36. The molecule has 6 nitrogen and oxygen atoms in total. The van der Waals surface area contributed by atoms with Crippen LogP contribution in [0.5, 0.6) is 0 Å². The van der Waals surface area contributed by atoms with Gasteiger partial charge < -0.3 is 9.80 Å². The van der Waals surface area contributed by atoms with Crippen molar-refractivity contribution >= 4 is 17.3 Å². The third-order valence-electron chi connectivity index (χ3n) is 4.70. The monoisotopic (exact) mass is 314 g/mol. The van der Waals surface area contributed by atoms with E-state index in [-0.39, 0.29) is 17.9 Å². The van der Waals surface area contributed by atoms with Crippen molar-refractivity contribution in [1.29, 1.82) is 0 Å². The molecule has 2 amide bonds. The molecule has 0 bridgehead atoms.